The predicted octanol–water partition coefficient (Wildman–Crippen LogP) is 4.99. The Morgan fingerprint density at radius 3 is 2.38 bits per heavy atom. The van der Waals surface area contributed by atoms with Gasteiger partial charge in [-0.25, -0.2) is 0 Å². The highest BCUT2D eigenvalue weighted by molar-refractivity contribution is 9.10. The first-order valence-corrected chi connectivity index (χ1v) is 7.71. The number of rotatable bonds is 4. The van der Waals surface area contributed by atoms with E-state index in [1.807, 2.05) is 55.5 Å². The minimum absolute atomic E-state index is 0.0654. The summed E-state index contributed by atoms with van der Waals surface area (Å²) in [5.41, 5.74) is 2.00. The number of carbonyl (C=O) groups excluding carboxylic acids is 1. The van der Waals surface area contributed by atoms with E-state index in [0.717, 1.165) is 15.6 Å². The molecule has 0 aromatic heterocycles. The Bertz CT molecular complexity index is 635. The van der Waals surface area contributed by atoms with Crippen LogP contribution in [0.5, 0.6) is 0 Å². The molecule has 4 heteroatoms. The number of amides is 1. The van der Waals surface area contributed by atoms with Gasteiger partial charge in [-0.15, -0.1) is 0 Å². The SMILES string of the molecule is CC(NC(=O)/C=C/c1ccc(Br)cc1)c1ccc(Cl)cc1. The summed E-state index contributed by atoms with van der Waals surface area (Å²) in [6.45, 7) is 1.94. The lowest BCUT2D eigenvalue weighted by Crippen LogP contribution is -2.24. The molecule has 1 amide bonds. The van der Waals surface area contributed by atoms with Crippen molar-refractivity contribution in [3.63, 3.8) is 0 Å². The fraction of sp³-hybridized carbons (Fsp3) is 0.118. The lowest BCUT2D eigenvalue weighted by atomic mass is 10.1. The Morgan fingerprint density at radius 1 is 1.14 bits per heavy atom. The lowest BCUT2D eigenvalue weighted by Gasteiger charge is -2.12. The minimum Gasteiger partial charge on any atom is -0.346 e. The van der Waals surface area contributed by atoms with Gasteiger partial charge in [-0.2, -0.15) is 0 Å². The standard InChI is InChI=1S/C17H15BrClNO/c1-12(14-5-9-16(19)10-6-14)20-17(21)11-4-13-2-7-15(18)8-3-13/h2-12H,1H3,(H,20,21)/b11-4+. The Kier molecular flexibility index (Phi) is 5.59. The van der Waals surface area contributed by atoms with Crippen LogP contribution in [0.4, 0.5) is 0 Å². The summed E-state index contributed by atoms with van der Waals surface area (Å²) in [6, 6.07) is 15.1. The van der Waals surface area contributed by atoms with Gasteiger partial charge in [0.15, 0.2) is 0 Å². The number of halogens is 2. The van der Waals surface area contributed by atoms with E-state index in [1.165, 1.54) is 6.08 Å². The van der Waals surface area contributed by atoms with Crippen LogP contribution in [0.1, 0.15) is 24.1 Å². The maximum Gasteiger partial charge on any atom is 0.244 e. The molecule has 1 N–H and O–H groups in total. The second kappa shape index (κ2) is 7.43. The molecule has 0 aliphatic rings. The fourth-order valence-electron chi connectivity index (χ4n) is 1.84. The van der Waals surface area contributed by atoms with Crippen molar-refractivity contribution in [1.82, 2.24) is 5.32 Å². The quantitative estimate of drug-likeness (QED) is 0.761. The molecule has 0 heterocycles. The van der Waals surface area contributed by atoms with Gasteiger partial charge in [-0.1, -0.05) is 51.8 Å². The normalized spacial score (nSPS) is 12.3. The maximum atomic E-state index is 11.9. The van der Waals surface area contributed by atoms with Crippen LogP contribution in [0, 0.1) is 0 Å². The third kappa shape index (κ3) is 5.03. The van der Waals surface area contributed by atoms with Gasteiger partial charge in [-0.3, -0.25) is 4.79 Å². The van der Waals surface area contributed by atoms with Gasteiger partial charge >= 0.3 is 0 Å². The van der Waals surface area contributed by atoms with E-state index in [9.17, 15) is 4.79 Å². The molecular weight excluding hydrogens is 350 g/mol. The molecule has 108 valence electrons. The Balaban J connectivity index is 1.94. The van der Waals surface area contributed by atoms with Gasteiger partial charge < -0.3 is 5.32 Å². The molecule has 0 radical (unpaired) electrons. The summed E-state index contributed by atoms with van der Waals surface area (Å²) in [6.07, 6.45) is 3.33. The van der Waals surface area contributed by atoms with Crippen LogP contribution in [0.25, 0.3) is 6.08 Å². The van der Waals surface area contributed by atoms with Crippen molar-refractivity contribution in [1.29, 1.82) is 0 Å². The molecule has 0 bridgehead atoms. The fourth-order valence-corrected chi connectivity index (χ4v) is 2.23. The zero-order valence-corrected chi connectivity index (χ0v) is 13.9. The first-order chi connectivity index (χ1) is 10.0. The van der Waals surface area contributed by atoms with Crippen LogP contribution in [0.2, 0.25) is 5.02 Å². The van der Waals surface area contributed by atoms with Crippen LogP contribution >= 0.6 is 27.5 Å². The summed E-state index contributed by atoms with van der Waals surface area (Å²) >= 11 is 9.23. The van der Waals surface area contributed by atoms with E-state index in [1.54, 1.807) is 6.08 Å². The van der Waals surface area contributed by atoms with E-state index >= 15 is 0 Å². The van der Waals surface area contributed by atoms with Gasteiger partial charge in [0.25, 0.3) is 0 Å². The Morgan fingerprint density at radius 2 is 1.76 bits per heavy atom. The molecule has 1 unspecified atom stereocenters. The summed E-state index contributed by atoms with van der Waals surface area (Å²) in [5, 5.41) is 3.61. The average Bonchev–Trinajstić information content (AvgIpc) is 2.47. The van der Waals surface area contributed by atoms with Crippen molar-refractivity contribution in [2.75, 3.05) is 0 Å². The van der Waals surface area contributed by atoms with Crippen molar-refractivity contribution in [3.05, 3.63) is 75.2 Å². The van der Waals surface area contributed by atoms with Gasteiger partial charge in [0, 0.05) is 15.6 Å². The summed E-state index contributed by atoms with van der Waals surface area (Å²) in [7, 11) is 0. The molecule has 2 aromatic rings. The molecule has 0 aliphatic carbocycles. The van der Waals surface area contributed by atoms with E-state index in [2.05, 4.69) is 21.2 Å². The van der Waals surface area contributed by atoms with Gasteiger partial charge in [0.1, 0.15) is 0 Å². The van der Waals surface area contributed by atoms with Crippen LogP contribution in [-0.2, 0) is 4.79 Å². The highest BCUT2D eigenvalue weighted by Gasteiger charge is 2.07. The molecule has 21 heavy (non-hydrogen) atoms. The summed E-state index contributed by atoms with van der Waals surface area (Å²) < 4.78 is 1.01. The molecule has 0 aliphatic heterocycles. The Labute approximate surface area is 138 Å². The van der Waals surface area contributed by atoms with Crippen LogP contribution in [0.15, 0.2) is 59.1 Å². The van der Waals surface area contributed by atoms with Gasteiger partial charge in [-0.05, 0) is 48.4 Å². The predicted molar refractivity (Wildman–Crippen MR) is 91.2 cm³/mol. The smallest absolute Gasteiger partial charge is 0.244 e. The van der Waals surface area contributed by atoms with Crippen LogP contribution in [-0.4, -0.2) is 5.91 Å². The molecule has 2 aromatic carbocycles. The highest BCUT2D eigenvalue weighted by Crippen LogP contribution is 2.16. The molecule has 2 rings (SSSR count). The van der Waals surface area contributed by atoms with E-state index < -0.39 is 0 Å². The van der Waals surface area contributed by atoms with E-state index in [4.69, 9.17) is 11.6 Å². The number of hydrogen-bond acceptors (Lipinski definition) is 1. The zero-order chi connectivity index (χ0) is 15.2. The number of hydrogen-bond donors (Lipinski definition) is 1. The third-order valence-corrected chi connectivity index (χ3v) is 3.81. The number of carbonyl (C=O) groups is 1. The third-order valence-electron chi connectivity index (χ3n) is 3.03. The molecular formula is C17H15BrClNO. The largest absolute Gasteiger partial charge is 0.346 e. The summed E-state index contributed by atoms with van der Waals surface area (Å²) in [4.78, 5) is 11.9. The van der Waals surface area contributed by atoms with E-state index in [0.29, 0.717) is 5.02 Å². The molecule has 2 nitrogen and oxygen atoms in total. The molecule has 0 spiro atoms. The average molecular weight is 365 g/mol. The summed E-state index contributed by atoms with van der Waals surface area (Å²) in [5.74, 6) is -0.125. The van der Waals surface area contributed by atoms with Crippen molar-refractivity contribution in [2.24, 2.45) is 0 Å². The van der Waals surface area contributed by atoms with Crippen LogP contribution < -0.4 is 5.32 Å². The lowest BCUT2D eigenvalue weighted by molar-refractivity contribution is -0.117. The highest BCUT2D eigenvalue weighted by atomic mass is 79.9. The number of benzene rings is 2. The molecule has 0 saturated heterocycles. The second-order valence-corrected chi connectivity index (χ2v) is 6.02. The van der Waals surface area contributed by atoms with Crippen molar-refractivity contribution < 1.29 is 4.79 Å². The molecule has 0 saturated carbocycles. The van der Waals surface area contributed by atoms with Gasteiger partial charge in [0.2, 0.25) is 5.91 Å². The van der Waals surface area contributed by atoms with Crippen LogP contribution in [0.3, 0.4) is 0 Å². The maximum absolute atomic E-state index is 11.9. The van der Waals surface area contributed by atoms with E-state index in [-0.39, 0.29) is 11.9 Å². The molecule has 0 fully saturated rings. The molecule has 1 atom stereocenters. The van der Waals surface area contributed by atoms with Crippen molar-refractivity contribution in [3.8, 4) is 0 Å². The number of nitrogens with one attached hydrogen (secondary N) is 1. The second-order valence-electron chi connectivity index (χ2n) is 4.67. The minimum atomic E-state index is -0.125. The van der Waals surface area contributed by atoms with Crippen molar-refractivity contribution >= 4 is 39.5 Å². The van der Waals surface area contributed by atoms with Gasteiger partial charge in [0.05, 0.1) is 6.04 Å². The Hall–Kier alpha value is -1.58. The van der Waals surface area contributed by atoms with Crippen molar-refractivity contribution in [2.45, 2.75) is 13.0 Å². The monoisotopic (exact) mass is 363 g/mol. The zero-order valence-electron chi connectivity index (χ0n) is 11.5. The topological polar surface area (TPSA) is 29.1 Å². The first-order valence-electron chi connectivity index (χ1n) is 6.54. The first kappa shape index (κ1) is 15.8.